The Morgan fingerprint density at radius 2 is 0.889 bits per heavy atom. The first kappa shape index (κ1) is 7.64. The SMILES string of the molecule is CN1[SiH2]N(C)[SiH2]N(C)[SiH2]1. The van der Waals surface area contributed by atoms with Crippen LogP contribution in [0.25, 0.3) is 0 Å². The fraction of sp³-hybridized carbons (Fsp3) is 1.00. The molecule has 0 aromatic carbocycles. The van der Waals surface area contributed by atoms with E-state index in [0.717, 1.165) is 0 Å². The van der Waals surface area contributed by atoms with Crippen LogP contribution in [0.2, 0.25) is 0 Å². The van der Waals surface area contributed by atoms with E-state index in [-0.39, 0.29) is 29.5 Å². The summed E-state index contributed by atoms with van der Waals surface area (Å²) < 4.78 is 7.78. The molecule has 6 heteroatoms. The van der Waals surface area contributed by atoms with E-state index in [4.69, 9.17) is 0 Å². The molecule has 0 atom stereocenters. The first-order valence-electron chi connectivity index (χ1n) is 3.24. The molecule has 0 amide bonds. The van der Waals surface area contributed by atoms with Gasteiger partial charge in [0.15, 0.2) is 29.5 Å². The summed E-state index contributed by atoms with van der Waals surface area (Å²) in [5, 5.41) is 0. The fourth-order valence-corrected chi connectivity index (χ4v) is 13.6. The molecule has 1 saturated heterocycles. The zero-order valence-electron chi connectivity index (χ0n) is 6.46. The first-order chi connectivity index (χ1) is 4.18. The lowest BCUT2D eigenvalue weighted by atomic mass is 11.6. The third-order valence-corrected chi connectivity index (χ3v) is 7.95. The maximum absolute atomic E-state index is 2.59. The van der Waals surface area contributed by atoms with Gasteiger partial charge in [-0.3, -0.25) is 0 Å². The molecule has 0 bridgehead atoms. The van der Waals surface area contributed by atoms with Gasteiger partial charge in [0.1, 0.15) is 0 Å². The maximum atomic E-state index is 2.59. The normalized spacial score (nSPS) is 35.0. The van der Waals surface area contributed by atoms with Crippen LogP contribution in [-0.2, 0) is 0 Å². The Labute approximate surface area is 63.9 Å². The summed E-state index contributed by atoms with van der Waals surface area (Å²) in [6, 6.07) is 0. The summed E-state index contributed by atoms with van der Waals surface area (Å²) in [5.74, 6) is 0. The van der Waals surface area contributed by atoms with Gasteiger partial charge in [0.2, 0.25) is 0 Å². The Kier molecular flexibility index (Phi) is 2.61. The second kappa shape index (κ2) is 3.08. The van der Waals surface area contributed by atoms with Crippen molar-refractivity contribution in [2.45, 2.75) is 0 Å². The molecule has 0 radical (unpaired) electrons. The molecule has 1 rings (SSSR count). The molecule has 0 aliphatic carbocycles. The summed E-state index contributed by atoms with van der Waals surface area (Å²) in [6.45, 7) is 0. The number of rotatable bonds is 0. The Morgan fingerprint density at radius 1 is 0.667 bits per heavy atom. The largest absolute Gasteiger partial charge is 0.335 e. The summed E-state index contributed by atoms with van der Waals surface area (Å²) in [6.07, 6.45) is 0. The minimum atomic E-state index is 0.0739. The van der Waals surface area contributed by atoms with Gasteiger partial charge in [-0.15, -0.1) is 0 Å². The van der Waals surface area contributed by atoms with Gasteiger partial charge in [-0.1, -0.05) is 0 Å². The Bertz CT molecular complexity index is 75.3. The Hall–Kier alpha value is 0.531. The highest BCUT2D eigenvalue weighted by atomic mass is 28.4. The minimum Gasteiger partial charge on any atom is -0.335 e. The van der Waals surface area contributed by atoms with Crippen molar-refractivity contribution in [1.29, 1.82) is 0 Å². The maximum Gasteiger partial charge on any atom is 0.160 e. The average Bonchev–Trinajstić information content (AvgIpc) is 1.59. The lowest BCUT2D eigenvalue weighted by molar-refractivity contribution is 0.600. The molecule has 0 N–H and O–H groups in total. The molecule has 9 heavy (non-hydrogen) atoms. The zero-order chi connectivity index (χ0) is 6.85. The van der Waals surface area contributed by atoms with Crippen molar-refractivity contribution in [3.63, 3.8) is 0 Å². The van der Waals surface area contributed by atoms with Gasteiger partial charge in [0.25, 0.3) is 0 Å². The van der Waals surface area contributed by atoms with Crippen molar-refractivity contribution < 1.29 is 0 Å². The zero-order valence-corrected chi connectivity index (χ0v) is 10.7. The highest BCUT2D eigenvalue weighted by Crippen LogP contribution is 1.91. The highest BCUT2D eigenvalue weighted by Gasteiger charge is 2.15. The van der Waals surface area contributed by atoms with Crippen molar-refractivity contribution in [1.82, 2.24) is 12.7 Å². The molecule has 54 valence electrons. The van der Waals surface area contributed by atoms with Crippen LogP contribution >= 0.6 is 0 Å². The van der Waals surface area contributed by atoms with E-state index in [1.807, 2.05) is 0 Å². The first-order valence-corrected chi connectivity index (χ1v) is 7.03. The van der Waals surface area contributed by atoms with Crippen LogP contribution in [0.1, 0.15) is 0 Å². The fourth-order valence-electron chi connectivity index (χ4n) is 1.37. The molecular weight excluding hydrogens is 162 g/mol. The van der Waals surface area contributed by atoms with Crippen molar-refractivity contribution >= 4 is 29.5 Å². The Morgan fingerprint density at radius 3 is 1.11 bits per heavy atom. The standard InChI is InChI=1S/C3H15N3Si3/c1-4-7-5(2)9-6(3)8-4/h7-9H2,1-3H3. The molecule has 1 heterocycles. The monoisotopic (exact) mass is 177 g/mol. The summed E-state index contributed by atoms with van der Waals surface area (Å²) in [5.41, 5.74) is 0. The van der Waals surface area contributed by atoms with Gasteiger partial charge in [-0.2, -0.15) is 0 Å². The van der Waals surface area contributed by atoms with E-state index in [2.05, 4.69) is 33.8 Å². The lowest BCUT2D eigenvalue weighted by Gasteiger charge is -2.35. The highest BCUT2D eigenvalue weighted by molar-refractivity contribution is 6.64. The lowest BCUT2D eigenvalue weighted by Crippen LogP contribution is -2.57. The quantitative estimate of drug-likeness (QED) is 0.361. The predicted octanol–water partition coefficient (Wildman–Crippen LogP) is -3.21. The second-order valence-electron chi connectivity index (χ2n) is 2.99. The van der Waals surface area contributed by atoms with Crippen LogP contribution in [0.5, 0.6) is 0 Å². The predicted molar refractivity (Wildman–Crippen MR) is 48.9 cm³/mol. The number of nitrogens with zero attached hydrogens (tertiary/aromatic N) is 3. The van der Waals surface area contributed by atoms with E-state index < -0.39 is 0 Å². The Balaban J connectivity index is 2.34. The molecular formula is C3H15N3Si3. The molecule has 0 aromatic heterocycles. The van der Waals surface area contributed by atoms with Gasteiger partial charge < -0.3 is 12.7 Å². The number of hydrogen-bond donors (Lipinski definition) is 0. The molecule has 0 saturated carbocycles. The van der Waals surface area contributed by atoms with Gasteiger partial charge in [-0.25, -0.2) is 0 Å². The molecule has 3 nitrogen and oxygen atoms in total. The second-order valence-corrected chi connectivity index (χ2v) is 13.0. The average molecular weight is 177 g/mol. The van der Waals surface area contributed by atoms with Crippen molar-refractivity contribution in [3.8, 4) is 0 Å². The van der Waals surface area contributed by atoms with Crippen molar-refractivity contribution in [3.05, 3.63) is 0 Å². The van der Waals surface area contributed by atoms with E-state index in [1.54, 1.807) is 0 Å². The molecule has 1 fully saturated rings. The van der Waals surface area contributed by atoms with Crippen LogP contribution < -0.4 is 0 Å². The van der Waals surface area contributed by atoms with Crippen molar-refractivity contribution in [2.75, 3.05) is 21.1 Å². The molecule has 1 aliphatic heterocycles. The molecule has 0 unspecified atom stereocenters. The van der Waals surface area contributed by atoms with Gasteiger partial charge in [0.05, 0.1) is 0 Å². The van der Waals surface area contributed by atoms with Gasteiger partial charge >= 0.3 is 0 Å². The van der Waals surface area contributed by atoms with Gasteiger partial charge in [-0.05, 0) is 21.1 Å². The minimum absolute atomic E-state index is 0.0739. The summed E-state index contributed by atoms with van der Waals surface area (Å²) in [7, 11) is 7.05. The van der Waals surface area contributed by atoms with Crippen LogP contribution in [0.3, 0.4) is 0 Å². The van der Waals surface area contributed by atoms with Crippen molar-refractivity contribution in [2.24, 2.45) is 0 Å². The summed E-state index contributed by atoms with van der Waals surface area (Å²) >= 11 is 0. The van der Waals surface area contributed by atoms with Crippen LogP contribution in [0, 0.1) is 0 Å². The smallest absolute Gasteiger partial charge is 0.160 e. The third-order valence-electron chi connectivity index (χ3n) is 1.45. The summed E-state index contributed by atoms with van der Waals surface area (Å²) in [4.78, 5) is 0. The van der Waals surface area contributed by atoms with Gasteiger partial charge in [0, 0.05) is 0 Å². The molecule has 1 aliphatic rings. The van der Waals surface area contributed by atoms with Crippen LogP contribution in [0.4, 0.5) is 0 Å². The van der Waals surface area contributed by atoms with E-state index >= 15 is 0 Å². The van der Waals surface area contributed by atoms with E-state index in [0.29, 0.717) is 0 Å². The topological polar surface area (TPSA) is 9.72 Å². The van der Waals surface area contributed by atoms with Crippen LogP contribution in [0.15, 0.2) is 0 Å². The molecule has 0 spiro atoms. The third kappa shape index (κ3) is 2.32. The van der Waals surface area contributed by atoms with Crippen LogP contribution in [-0.4, -0.2) is 63.4 Å². The van der Waals surface area contributed by atoms with E-state index in [9.17, 15) is 0 Å². The molecule has 0 aromatic rings. The van der Waals surface area contributed by atoms with E-state index in [1.165, 1.54) is 0 Å². The number of hydrogen-bond acceptors (Lipinski definition) is 3.